The van der Waals surface area contributed by atoms with Crippen molar-refractivity contribution in [2.24, 2.45) is 7.05 Å². The summed E-state index contributed by atoms with van der Waals surface area (Å²) in [4.78, 5) is 7.79. The van der Waals surface area contributed by atoms with E-state index >= 15 is 0 Å². The summed E-state index contributed by atoms with van der Waals surface area (Å²) >= 11 is 4.99. The van der Waals surface area contributed by atoms with Crippen LogP contribution in [0.3, 0.4) is 0 Å². The molecule has 0 saturated carbocycles. The molecule has 0 atom stereocenters. The number of aromatic nitrogens is 6. The van der Waals surface area contributed by atoms with Crippen LogP contribution in [0.2, 0.25) is 0 Å². The highest BCUT2D eigenvalue weighted by molar-refractivity contribution is 9.10. The number of hydrogen-bond acceptors (Lipinski definition) is 5. The van der Waals surface area contributed by atoms with Crippen molar-refractivity contribution in [3.63, 3.8) is 0 Å². The van der Waals surface area contributed by atoms with Crippen LogP contribution in [0.4, 0.5) is 0 Å². The predicted molar refractivity (Wildman–Crippen MR) is 72.2 cm³/mol. The normalized spacial score (nSPS) is 11.2. The fraction of sp³-hybridized carbons (Fsp3) is 0.200. The molecule has 3 rings (SSSR count). The standard InChI is InChI=1S/C10H9BrN6S/c1-17-10(14-15-16-17)18-5-9-12-7-3-2-6(11)4-8(7)13-9/h2-4H,5H2,1H3,(H,12,13). The molecule has 2 heterocycles. The first-order valence-electron chi connectivity index (χ1n) is 5.22. The Labute approximate surface area is 115 Å². The van der Waals surface area contributed by atoms with Gasteiger partial charge in [0, 0.05) is 11.5 Å². The second-order valence-corrected chi connectivity index (χ2v) is 5.58. The second kappa shape index (κ2) is 4.69. The summed E-state index contributed by atoms with van der Waals surface area (Å²) in [5.41, 5.74) is 1.99. The van der Waals surface area contributed by atoms with Crippen molar-refractivity contribution in [1.29, 1.82) is 0 Å². The third-order valence-corrected chi connectivity index (χ3v) is 3.93. The number of aromatic amines is 1. The summed E-state index contributed by atoms with van der Waals surface area (Å²) in [7, 11) is 1.82. The molecule has 0 aliphatic heterocycles. The molecule has 0 aliphatic rings. The van der Waals surface area contributed by atoms with Gasteiger partial charge in [0.2, 0.25) is 5.16 Å². The summed E-state index contributed by atoms with van der Waals surface area (Å²) in [5.74, 6) is 1.62. The van der Waals surface area contributed by atoms with Crippen LogP contribution < -0.4 is 0 Å². The van der Waals surface area contributed by atoms with Crippen molar-refractivity contribution in [2.45, 2.75) is 10.9 Å². The van der Waals surface area contributed by atoms with Gasteiger partial charge in [0.25, 0.3) is 0 Å². The van der Waals surface area contributed by atoms with Crippen LogP contribution in [-0.4, -0.2) is 30.2 Å². The van der Waals surface area contributed by atoms with E-state index in [-0.39, 0.29) is 0 Å². The van der Waals surface area contributed by atoms with E-state index in [0.717, 1.165) is 26.5 Å². The number of nitrogens with one attached hydrogen (secondary N) is 1. The lowest BCUT2D eigenvalue weighted by molar-refractivity contribution is 0.664. The molecule has 0 amide bonds. The van der Waals surface area contributed by atoms with Crippen LogP contribution >= 0.6 is 27.7 Å². The van der Waals surface area contributed by atoms with Crippen molar-refractivity contribution in [3.8, 4) is 0 Å². The average molecular weight is 325 g/mol. The molecular formula is C10H9BrN6S. The minimum absolute atomic E-state index is 0.709. The monoisotopic (exact) mass is 324 g/mol. The van der Waals surface area contributed by atoms with Gasteiger partial charge in [-0.1, -0.05) is 27.7 Å². The van der Waals surface area contributed by atoms with E-state index in [0.29, 0.717) is 5.75 Å². The van der Waals surface area contributed by atoms with Gasteiger partial charge in [-0.25, -0.2) is 9.67 Å². The maximum absolute atomic E-state index is 4.51. The molecule has 0 spiro atoms. The van der Waals surface area contributed by atoms with E-state index in [2.05, 4.69) is 41.4 Å². The molecule has 92 valence electrons. The van der Waals surface area contributed by atoms with E-state index in [9.17, 15) is 0 Å². The van der Waals surface area contributed by atoms with Gasteiger partial charge in [0.05, 0.1) is 16.8 Å². The molecule has 1 N–H and O–H groups in total. The summed E-state index contributed by atoms with van der Waals surface area (Å²) in [6.45, 7) is 0. The molecule has 8 heteroatoms. The van der Waals surface area contributed by atoms with Crippen LogP contribution in [0, 0.1) is 0 Å². The molecule has 2 aromatic heterocycles. The Morgan fingerprint density at radius 2 is 2.33 bits per heavy atom. The van der Waals surface area contributed by atoms with Crippen molar-refractivity contribution in [3.05, 3.63) is 28.5 Å². The number of halogens is 1. The molecule has 0 radical (unpaired) electrons. The van der Waals surface area contributed by atoms with Crippen molar-refractivity contribution in [1.82, 2.24) is 30.2 Å². The van der Waals surface area contributed by atoms with Gasteiger partial charge in [-0.05, 0) is 28.6 Å². The van der Waals surface area contributed by atoms with Crippen LogP contribution in [0.25, 0.3) is 11.0 Å². The van der Waals surface area contributed by atoms with E-state index in [4.69, 9.17) is 0 Å². The molecule has 0 aliphatic carbocycles. The minimum atomic E-state index is 0.709. The van der Waals surface area contributed by atoms with Crippen LogP contribution in [0.15, 0.2) is 27.8 Å². The number of hydrogen-bond donors (Lipinski definition) is 1. The Kier molecular flexibility index (Phi) is 3.04. The molecular weight excluding hydrogens is 316 g/mol. The Balaban J connectivity index is 1.81. The number of aryl methyl sites for hydroxylation is 1. The highest BCUT2D eigenvalue weighted by Gasteiger charge is 2.07. The maximum Gasteiger partial charge on any atom is 0.209 e. The van der Waals surface area contributed by atoms with E-state index < -0.39 is 0 Å². The summed E-state index contributed by atoms with van der Waals surface area (Å²) in [5, 5.41) is 12.1. The maximum atomic E-state index is 4.51. The number of H-pyrrole nitrogens is 1. The second-order valence-electron chi connectivity index (χ2n) is 3.72. The lowest BCUT2D eigenvalue weighted by Gasteiger charge is -1.95. The fourth-order valence-corrected chi connectivity index (χ4v) is 2.66. The first-order valence-corrected chi connectivity index (χ1v) is 6.99. The van der Waals surface area contributed by atoms with Crippen molar-refractivity contribution in [2.75, 3.05) is 0 Å². The van der Waals surface area contributed by atoms with Crippen molar-refractivity contribution < 1.29 is 0 Å². The van der Waals surface area contributed by atoms with Crippen LogP contribution in [0.5, 0.6) is 0 Å². The Bertz CT molecular complexity index is 691. The van der Waals surface area contributed by atoms with Gasteiger partial charge in [-0.15, -0.1) is 5.10 Å². The molecule has 6 nitrogen and oxygen atoms in total. The largest absolute Gasteiger partial charge is 0.341 e. The number of thioether (sulfide) groups is 1. The van der Waals surface area contributed by atoms with Gasteiger partial charge in [0.1, 0.15) is 5.82 Å². The van der Waals surface area contributed by atoms with Gasteiger partial charge in [-0.3, -0.25) is 0 Å². The Morgan fingerprint density at radius 3 is 3.11 bits per heavy atom. The number of tetrazole rings is 1. The third kappa shape index (κ3) is 2.25. The molecule has 3 aromatic rings. The smallest absolute Gasteiger partial charge is 0.209 e. The molecule has 0 bridgehead atoms. The molecule has 0 saturated heterocycles. The number of rotatable bonds is 3. The zero-order valence-electron chi connectivity index (χ0n) is 9.46. The first kappa shape index (κ1) is 11.7. The first-order chi connectivity index (χ1) is 8.72. The minimum Gasteiger partial charge on any atom is -0.341 e. The summed E-state index contributed by atoms with van der Waals surface area (Å²) < 4.78 is 2.68. The van der Waals surface area contributed by atoms with Gasteiger partial charge < -0.3 is 4.98 Å². The van der Waals surface area contributed by atoms with Gasteiger partial charge >= 0.3 is 0 Å². The average Bonchev–Trinajstić information content (AvgIpc) is 2.92. The lowest BCUT2D eigenvalue weighted by Crippen LogP contribution is -1.93. The van der Waals surface area contributed by atoms with Crippen LogP contribution in [0.1, 0.15) is 5.82 Å². The van der Waals surface area contributed by atoms with E-state index in [1.54, 1.807) is 16.4 Å². The van der Waals surface area contributed by atoms with Crippen molar-refractivity contribution >= 4 is 38.7 Å². The Hall–Kier alpha value is -1.41. The predicted octanol–water partition coefficient (Wildman–Crippen LogP) is 2.14. The van der Waals surface area contributed by atoms with E-state index in [1.807, 2.05) is 25.2 Å². The lowest BCUT2D eigenvalue weighted by atomic mass is 10.3. The zero-order valence-corrected chi connectivity index (χ0v) is 11.9. The fourth-order valence-electron chi connectivity index (χ4n) is 1.58. The third-order valence-electron chi connectivity index (χ3n) is 2.41. The SMILES string of the molecule is Cn1nnnc1SCc1nc2ccc(Br)cc2[nH]1. The number of benzene rings is 1. The quantitative estimate of drug-likeness (QED) is 0.747. The van der Waals surface area contributed by atoms with Gasteiger partial charge in [0.15, 0.2) is 0 Å². The van der Waals surface area contributed by atoms with Crippen LogP contribution in [-0.2, 0) is 12.8 Å². The topological polar surface area (TPSA) is 72.3 Å². The number of fused-ring (bicyclic) bond motifs is 1. The summed E-state index contributed by atoms with van der Waals surface area (Å²) in [6, 6.07) is 5.97. The molecule has 0 unspecified atom stereocenters. The highest BCUT2D eigenvalue weighted by Crippen LogP contribution is 2.21. The number of imidazole rings is 1. The molecule has 0 fully saturated rings. The molecule has 18 heavy (non-hydrogen) atoms. The zero-order chi connectivity index (χ0) is 12.5. The summed E-state index contributed by atoms with van der Waals surface area (Å²) in [6.07, 6.45) is 0. The molecule has 1 aromatic carbocycles. The number of nitrogens with zero attached hydrogens (tertiary/aromatic N) is 5. The van der Waals surface area contributed by atoms with E-state index in [1.165, 1.54) is 0 Å². The highest BCUT2D eigenvalue weighted by atomic mass is 79.9. The van der Waals surface area contributed by atoms with Gasteiger partial charge in [-0.2, -0.15) is 0 Å². The Morgan fingerprint density at radius 1 is 1.44 bits per heavy atom.